The van der Waals surface area contributed by atoms with Gasteiger partial charge in [0.25, 0.3) is 0 Å². The molecule has 2 heterocycles. The summed E-state index contributed by atoms with van der Waals surface area (Å²) in [5.74, 6) is 0.827. The van der Waals surface area contributed by atoms with Gasteiger partial charge in [-0.25, -0.2) is 0 Å². The number of likely N-dealkylation sites (tertiary alicyclic amines) is 2. The molecule has 2 aliphatic heterocycles. The summed E-state index contributed by atoms with van der Waals surface area (Å²) in [6.07, 6.45) is 5.40. The van der Waals surface area contributed by atoms with Gasteiger partial charge in [0.2, 0.25) is 5.91 Å². The van der Waals surface area contributed by atoms with E-state index in [4.69, 9.17) is 4.74 Å². The molecular formula is C16H30N2O2. The Morgan fingerprint density at radius 2 is 1.90 bits per heavy atom. The Bertz CT molecular complexity index is 320. The number of carbonyl (C=O) groups is 1. The van der Waals surface area contributed by atoms with Gasteiger partial charge in [-0.05, 0) is 45.2 Å². The van der Waals surface area contributed by atoms with Crippen LogP contribution in [-0.4, -0.2) is 61.1 Å². The number of nitrogens with zero attached hydrogens (tertiary/aromatic N) is 2. The van der Waals surface area contributed by atoms with Crippen molar-refractivity contribution >= 4 is 5.91 Å². The summed E-state index contributed by atoms with van der Waals surface area (Å²) in [5, 5.41) is 0. The monoisotopic (exact) mass is 282 g/mol. The number of hydrogen-bond donors (Lipinski definition) is 0. The van der Waals surface area contributed by atoms with Gasteiger partial charge in [-0.15, -0.1) is 0 Å². The number of hydrogen-bond acceptors (Lipinski definition) is 3. The molecule has 20 heavy (non-hydrogen) atoms. The molecule has 2 aliphatic rings. The highest BCUT2D eigenvalue weighted by Gasteiger charge is 2.37. The van der Waals surface area contributed by atoms with Crippen molar-refractivity contribution in [3.05, 3.63) is 0 Å². The third kappa shape index (κ3) is 3.95. The fourth-order valence-corrected chi connectivity index (χ4v) is 3.55. The predicted octanol–water partition coefficient (Wildman–Crippen LogP) is 2.13. The summed E-state index contributed by atoms with van der Waals surface area (Å²) < 4.78 is 5.55. The molecule has 4 heteroatoms. The van der Waals surface area contributed by atoms with E-state index in [0.29, 0.717) is 31.0 Å². The van der Waals surface area contributed by atoms with Crippen molar-refractivity contribution in [3.8, 4) is 0 Å². The Morgan fingerprint density at radius 3 is 2.55 bits per heavy atom. The quantitative estimate of drug-likeness (QED) is 0.700. The third-order valence-corrected chi connectivity index (χ3v) is 4.55. The molecule has 0 spiro atoms. The lowest BCUT2D eigenvalue weighted by molar-refractivity contribution is -0.134. The predicted molar refractivity (Wildman–Crippen MR) is 80.7 cm³/mol. The highest BCUT2D eigenvalue weighted by Crippen LogP contribution is 2.29. The zero-order valence-corrected chi connectivity index (χ0v) is 13.3. The van der Waals surface area contributed by atoms with Crippen molar-refractivity contribution < 1.29 is 9.53 Å². The number of carbonyl (C=O) groups excluding carboxylic acids is 1. The molecular weight excluding hydrogens is 252 g/mol. The molecule has 0 radical (unpaired) electrons. The summed E-state index contributed by atoms with van der Waals surface area (Å²) in [7, 11) is 2.20. The fourth-order valence-electron chi connectivity index (χ4n) is 3.55. The smallest absolute Gasteiger partial charge is 0.225 e. The van der Waals surface area contributed by atoms with Crippen molar-refractivity contribution in [1.82, 2.24) is 9.80 Å². The van der Waals surface area contributed by atoms with E-state index in [1.165, 1.54) is 25.8 Å². The molecule has 0 unspecified atom stereocenters. The first-order chi connectivity index (χ1) is 9.59. The molecule has 0 aromatic carbocycles. The number of likely N-dealkylation sites (N-methyl/N-ethyl adjacent to an activating group) is 1. The zero-order valence-electron chi connectivity index (χ0n) is 13.3. The number of ether oxygens (including phenoxy) is 1. The second-order valence-electron chi connectivity index (χ2n) is 6.71. The van der Waals surface area contributed by atoms with Crippen LogP contribution in [0.4, 0.5) is 0 Å². The Morgan fingerprint density at radius 1 is 1.20 bits per heavy atom. The van der Waals surface area contributed by atoms with Crippen molar-refractivity contribution in [2.45, 2.75) is 58.0 Å². The maximum atomic E-state index is 12.4. The minimum absolute atomic E-state index is 0.288. The third-order valence-electron chi connectivity index (χ3n) is 4.55. The molecule has 0 saturated carbocycles. The molecule has 2 fully saturated rings. The molecule has 116 valence electrons. The Hall–Kier alpha value is -0.610. The van der Waals surface area contributed by atoms with Gasteiger partial charge in [-0.2, -0.15) is 0 Å². The van der Waals surface area contributed by atoms with Crippen LogP contribution in [0, 0.1) is 5.92 Å². The average molecular weight is 282 g/mol. The van der Waals surface area contributed by atoms with Crippen LogP contribution in [0.15, 0.2) is 0 Å². The molecule has 4 nitrogen and oxygen atoms in total. The van der Waals surface area contributed by atoms with E-state index < -0.39 is 0 Å². The van der Waals surface area contributed by atoms with Crippen LogP contribution in [-0.2, 0) is 9.53 Å². The first kappa shape index (κ1) is 15.8. The lowest BCUT2D eigenvalue weighted by atomic mass is 10.0. The average Bonchev–Trinajstić information content (AvgIpc) is 3.02. The van der Waals surface area contributed by atoms with Gasteiger partial charge in [0.1, 0.15) is 0 Å². The SMILES string of the molecule is CC(C)COCCC(=O)N1CCC[C@@H]1[C@H]1CCCN1C. The van der Waals surface area contributed by atoms with Gasteiger partial charge in [0.05, 0.1) is 13.0 Å². The van der Waals surface area contributed by atoms with E-state index in [0.717, 1.165) is 19.6 Å². The molecule has 0 aliphatic carbocycles. The highest BCUT2D eigenvalue weighted by atomic mass is 16.5. The van der Waals surface area contributed by atoms with E-state index >= 15 is 0 Å². The van der Waals surface area contributed by atoms with Crippen molar-refractivity contribution in [1.29, 1.82) is 0 Å². The number of amides is 1. The lowest BCUT2D eigenvalue weighted by Crippen LogP contribution is -2.47. The van der Waals surface area contributed by atoms with Gasteiger partial charge < -0.3 is 14.5 Å². The summed E-state index contributed by atoms with van der Waals surface area (Å²) in [4.78, 5) is 17.0. The summed E-state index contributed by atoms with van der Waals surface area (Å²) in [6, 6.07) is 1.03. The largest absolute Gasteiger partial charge is 0.381 e. The van der Waals surface area contributed by atoms with Gasteiger partial charge in [0.15, 0.2) is 0 Å². The minimum atomic E-state index is 0.288. The summed E-state index contributed by atoms with van der Waals surface area (Å²) >= 11 is 0. The lowest BCUT2D eigenvalue weighted by Gasteiger charge is -2.33. The van der Waals surface area contributed by atoms with Gasteiger partial charge in [-0.1, -0.05) is 13.8 Å². The van der Waals surface area contributed by atoms with E-state index in [-0.39, 0.29) is 5.91 Å². The van der Waals surface area contributed by atoms with Gasteiger partial charge >= 0.3 is 0 Å². The van der Waals surface area contributed by atoms with Crippen LogP contribution in [0.2, 0.25) is 0 Å². The molecule has 0 bridgehead atoms. The van der Waals surface area contributed by atoms with E-state index in [1.807, 2.05) is 0 Å². The first-order valence-corrected chi connectivity index (χ1v) is 8.17. The first-order valence-electron chi connectivity index (χ1n) is 8.17. The maximum Gasteiger partial charge on any atom is 0.225 e. The van der Waals surface area contributed by atoms with Gasteiger partial charge in [0, 0.05) is 25.2 Å². The van der Waals surface area contributed by atoms with E-state index in [1.54, 1.807) is 0 Å². The van der Waals surface area contributed by atoms with Crippen LogP contribution in [0.1, 0.15) is 46.0 Å². The molecule has 2 rings (SSSR count). The Balaban J connectivity index is 1.79. The highest BCUT2D eigenvalue weighted by molar-refractivity contribution is 5.77. The topological polar surface area (TPSA) is 32.8 Å². The van der Waals surface area contributed by atoms with Crippen LogP contribution in [0.3, 0.4) is 0 Å². The maximum absolute atomic E-state index is 12.4. The molecule has 2 atom stereocenters. The van der Waals surface area contributed by atoms with E-state index in [9.17, 15) is 4.79 Å². The normalized spacial score (nSPS) is 27.7. The molecule has 0 N–H and O–H groups in total. The molecule has 0 aromatic heterocycles. The number of rotatable bonds is 6. The van der Waals surface area contributed by atoms with Crippen LogP contribution in [0.25, 0.3) is 0 Å². The van der Waals surface area contributed by atoms with Gasteiger partial charge in [-0.3, -0.25) is 4.79 Å². The Labute approximate surface area is 123 Å². The van der Waals surface area contributed by atoms with Crippen LogP contribution < -0.4 is 0 Å². The van der Waals surface area contributed by atoms with Crippen molar-refractivity contribution in [2.75, 3.05) is 33.4 Å². The summed E-state index contributed by atoms with van der Waals surface area (Å²) in [5.41, 5.74) is 0. The second-order valence-corrected chi connectivity index (χ2v) is 6.71. The fraction of sp³-hybridized carbons (Fsp3) is 0.938. The van der Waals surface area contributed by atoms with Crippen LogP contribution >= 0.6 is 0 Å². The molecule has 2 saturated heterocycles. The van der Waals surface area contributed by atoms with E-state index in [2.05, 4.69) is 30.7 Å². The molecule has 0 aromatic rings. The Kier molecular flexibility index (Phi) is 5.85. The van der Waals surface area contributed by atoms with Crippen molar-refractivity contribution in [3.63, 3.8) is 0 Å². The van der Waals surface area contributed by atoms with Crippen molar-refractivity contribution in [2.24, 2.45) is 5.92 Å². The zero-order chi connectivity index (χ0) is 14.5. The second kappa shape index (κ2) is 7.41. The standard InChI is InChI=1S/C16H30N2O2/c1-13(2)12-20-11-8-16(19)18-10-5-7-15(18)14-6-4-9-17(14)3/h13-15H,4-12H2,1-3H3/t14-,15-/m1/s1. The minimum Gasteiger partial charge on any atom is -0.381 e. The summed E-state index contributed by atoms with van der Waals surface area (Å²) in [6.45, 7) is 7.71. The molecule has 1 amide bonds. The van der Waals surface area contributed by atoms with Crippen LogP contribution in [0.5, 0.6) is 0 Å².